The Balaban J connectivity index is 3.64. The normalized spacial score (nSPS) is 12.2. The van der Waals surface area contributed by atoms with Crippen molar-refractivity contribution in [2.75, 3.05) is 21.3 Å². The summed E-state index contributed by atoms with van der Waals surface area (Å²) in [5, 5.41) is 0. The molecular formula is C4H10O4P+. The number of ether oxygens (including phenoxy) is 2. The molecule has 0 heterocycles. The fourth-order valence-electron chi connectivity index (χ4n) is 0.354. The lowest BCUT2D eigenvalue weighted by Gasteiger charge is -1.97. The summed E-state index contributed by atoms with van der Waals surface area (Å²) in [6.45, 7) is 0. The van der Waals surface area contributed by atoms with Crippen LogP contribution in [-0.4, -0.2) is 27.4 Å². The molecule has 0 aliphatic heterocycles. The lowest BCUT2D eigenvalue weighted by molar-refractivity contribution is -0.0470. The van der Waals surface area contributed by atoms with Gasteiger partial charge >= 0.3 is 14.1 Å². The molecule has 1 atom stereocenters. The summed E-state index contributed by atoms with van der Waals surface area (Å²) in [5.74, 6) is 0. The fourth-order valence-corrected chi connectivity index (χ4v) is 0.871. The van der Waals surface area contributed by atoms with Gasteiger partial charge < -0.3 is 9.47 Å². The van der Waals surface area contributed by atoms with Crippen molar-refractivity contribution in [1.29, 1.82) is 0 Å². The Hall–Kier alpha value is -0.0200. The first-order valence-electron chi connectivity index (χ1n) is 2.32. The van der Waals surface area contributed by atoms with E-state index in [4.69, 9.17) is 0 Å². The van der Waals surface area contributed by atoms with Crippen molar-refractivity contribution in [3.63, 3.8) is 0 Å². The van der Waals surface area contributed by atoms with Gasteiger partial charge in [-0.1, -0.05) is 0 Å². The van der Waals surface area contributed by atoms with Crippen LogP contribution in [0.4, 0.5) is 0 Å². The van der Waals surface area contributed by atoms with E-state index >= 15 is 0 Å². The summed E-state index contributed by atoms with van der Waals surface area (Å²) in [6, 6.07) is -0.745. The maximum Gasteiger partial charge on any atom is 0.572 e. The molecule has 0 saturated carbocycles. The van der Waals surface area contributed by atoms with Gasteiger partial charge in [0, 0.05) is 14.2 Å². The van der Waals surface area contributed by atoms with Gasteiger partial charge in [-0.05, 0) is 4.57 Å². The van der Waals surface area contributed by atoms with Crippen molar-refractivity contribution in [3.8, 4) is 0 Å². The number of rotatable bonds is 4. The quantitative estimate of drug-likeness (QED) is 0.445. The van der Waals surface area contributed by atoms with E-state index in [-0.39, 0.29) is 0 Å². The minimum atomic E-state index is -1.84. The van der Waals surface area contributed by atoms with Crippen LogP contribution in [0.2, 0.25) is 0 Å². The molecule has 5 heteroatoms. The highest BCUT2D eigenvalue weighted by Crippen LogP contribution is 2.28. The molecule has 0 saturated heterocycles. The van der Waals surface area contributed by atoms with Gasteiger partial charge in [-0.3, -0.25) is 0 Å². The predicted molar refractivity (Wildman–Crippen MR) is 32.4 cm³/mol. The predicted octanol–water partition coefficient (Wildman–Crippen LogP) is 0.952. The third kappa shape index (κ3) is 2.87. The van der Waals surface area contributed by atoms with Crippen LogP contribution in [0, 0.1) is 0 Å². The van der Waals surface area contributed by atoms with Gasteiger partial charge in [0.15, 0.2) is 0 Å². The summed E-state index contributed by atoms with van der Waals surface area (Å²) in [6.07, 6.45) is 0. The largest absolute Gasteiger partial charge is 0.572 e. The molecule has 0 bridgehead atoms. The van der Waals surface area contributed by atoms with Gasteiger partial charge in [-0.15, -0.1) is 4.52 Å². The second-order valence-electron chi connectivity index (χ2n) is 1.25. The average molecular weight is 153 g/mol. The molecule has 0 fully saturated rings. The van der Waals surface area contributed by atoms with Crippen LogP contribution in [0.1, 0.15) is 0 Å². The van der Waals surface area contributed by atoms with E-state index in [1.165, 1.54) is 21.3 Å². The lowest BCUT2D eigenvalue weighted by atomic mass is 11.3. The molecule has 0 aromatic rings. The van der Waals surface area contributed by atoms with Crippen LogP contribution >= 0.6 is 8.03 Å². The van der Waals surface area contributed by atoms with Crippen molar-refractivity contribution in [2.24, 2.45) is 0 Å². The van der Waals surface area contributed by atoms with E-state index < -0.39 is 14.1 Å². The Morgan fingerprint density at radius 3 is 1.78 bits per heavy atom. The van der Waals surface area contributed by atoms with Crippen molar-refractivity contribution in [3.05, 3.63) is 0 Å². The Kier molecular flexibility index (Phi) is 4.81. The Labute approximate surface area is 55.0 Å². The maximum atomic E-state index is 10.6. The smallest absolute Gasteiger partial charge is 0.314 e. The highest BCUT2D eigenvalue weighted by molar-refractivity contribution is 7.39. The molecule has 0 rings (SSSR count). The van der Waals surface area contributed by atoms with Crippen LogP contribution in [0.15, 0.2) is 0 Å². The molecule has 0 aromatic carbocycles. The monoisotopic (exact) mass is 153 g/mol. The number of methoxy groups -OCH3 is 2. The van der Waals surface area contributed by atoms with Crippen molar-refractivity contribution in [1.82, 2.24) is 0 Å². The highest BCUT2D eigenvalue weighted by Gasteiger charge is 2.31. The summed E-state index contributed by atoms with van der Waals surface area (Å²) >= 11 is 0. The Morgan fingerprint density at radius 2 is 1.67 bits per heavy atom. The van der Waals surface area contributed by atoms with Gasteiger partial charge in [0.05, 0.1) is 7.11 Å². The summed E-state index contributed by atoms with van der Waals surface area (Å²) in [7, 11) is 2.31. The molecule has 0 amide bonds. The zero-order valence-electron chi connectivity index (χ0n) is 5.66. The summed E-state index contributed by atoms with van der Waals surface area (Å²) in [5.41, 5.74) is 0. The van der Waals surface area contributed by atoms with Crippen LogP contribution < -0.4 is 0 Å². The standard InChI is InChI=1S/C4H10O4P/c1-6-4(7-2)9(5)8-3/h4H,1-3H3/q+1. The molecule has 0 aromatic heterocycles. The zero-order valence-corrected chi connectivity index (χ0v) is 6.55. The summed E-state index contributed by atoms with van der Waals surface area (Å²) in [4.78, 5) is 0. The van der Waals surface area contributed by atoms with E-state index in [2.05, 4.69) is 14.0 Å². The van der Waals surface area contributed by atoms with Gasteiger partial charge in [-0.25, -0.2) is 0 Å². The van der Waals surface area contributed by atoms with Gasteiger partial charge in [0.25, 0.3) is 0 Å². The van der Waals surface area contributed by atoms with Crippen molar-refractivity contribution < 1.29 is 18.6 Å². The van der Waals surface area contributed by atoms with Crippen LogP contribution in [0.5, 0.6) is 0 Å². The van der Waals surface area contributed by atoms with E-state index in [9.17, 15) is 4.57 Å². The summed E-state index contributed by atoms with van der Waals surface area (Å²) < 4.78 is 24.3. The third-order valence-corrected chi connectivity index (χ3v) is 1.88. The molecule has 0 aliphatic carbocycles. The van der Waals surface area contributed by atoms with E-state index in [1.807, 2.05) is 0 Å². The SMILES string of the molecule is COC(OC)[P+](=O)OC. The fraction of sp³-hybridized carbons (Fsp3) is 1.00. The highest BCUT2D eigenvalue weighted by atomic mass is 31.1. The maximum absolute atomic E-state index is 10.6. The van der Waals surface area contributed by atoms with Crippen LogP contribution in [0.25, 0.3) is 0 Å². The molecule has 0 spiro atoms. The minimum absolute atomic E-state index is 0.745. The molecule has 0 radical (unpaired) electrons. The Morgan fingerprint density at radius 1 is 1.22 bits per heavy atom. The minimum Gasteiger partial charge on any atom is -0.314 e. The average Bonchev–Trinajstić information content (AvgIpc) is 1.90. The second-order valence-corrected chi connectivity index (χ2v) is 2.60. The molecule has 9 heavy (non-hydrogen) atoms. The zero-order chi connectivity index (χ0) is 7.28. The molecule has 0 N–H and O–H groups in total. The van der Waals surface area contributed by atoms with Gasteiger partial charge in [0.2, 0.25) is 0 Å². The molecule has 0 aliphatic rings. The number of hydrogen-bond donors (Lipinski definition) is 0. The lowest BCUT2D eigenvalue weighted by Crippen LogP contribution is -2.07. The topological polar surface area (TPSA) is 44.8 Å². The van der Waals surface area contributed by atoms with E-state index in [0.29, 0.717) is 0 Å². The van der Waals surface area contributed by atoms with Gasteiger partial charge in [0.1, 0.15) is 0 Å². The van der Waals surface area contributed by atoms with E-state index in [1.54, 1.807) is 0 Å². The first-order chi connectivity index (χ1) is 4.26. The first kappa shape index (κ1) is 8.98. The molecular weight excluding hydrogens is 143 g/mol. The number of hydrogen-bond acceptors (Lipinski definition) is 4. The van der Waals surface area contributed by atoms with Crippen LogP contribution in [0.3, 0.4) is 0 Å². The van der Waals surface area contributed by atoms with E-state index in [0.717, 1.165) is 0 Å². The van der Waals surface area contributed by atoms with Crippen molar-refractivity contribution >= 4 is 8.03 Å². The molecule has 1 unspecified atom stereocenters. The van der Waals surface area contributed by atoms with Gasteiger partial charge in [-0.2, -0.15) is 0 Å². The molecule has 54 valence electrons. The Bertz CT molecular complexity index is 90.6. The third-order valence-electron chi connectivity index (χ3n) is 0.755. The second kappa shape index (κ2) is 4.82. The first-order valence-corrected chi connectivity index (χ1v) is 3.57. The van der Waals surface area contributed by atoms with Crippen molar-refractivity contribution in [2.45, 2.75) is 6.03 Å². The van der Waals surface area contributed by atoms with Crippen LogP contribution in [-0.2, 0) is 18.6 Å². The molecule has 4 nitrogen and oxygen atoms in total.